The normalized spacial score (nSPS) is 10.1. The molecule has 0 atom stereocenters. The van der Waals surface area contributed by atoms with Crippen molar-refractivity contribution in [3.05, 3.63) is 83.4 Å². The molecule has 0 spiro atoms. The van der Waals surface area contributed by atoms with Gasteiger partial charge < -0.3 is 24.8 Å². The lowest BCUT2D eigenvalue weighted by molar-refractivity contribution is 0.0601. The van der Waals surface area contributed by atoms with Crippen LogP contribution in [0, 0.1) is 0 Å². The van der Waals surface area contributed by atoms with Crippen molar-refractivity contribution in [2.75, 3.05) is 32.0 Å². The van der Waals surface area contributed by atoms with E-state index in [0.717, 1.165) is 0 Å². The van der Waals surface area contributed by atoms with E-state index >= 15 is 0 Å². The Balaban J connectivity index is 1.78. The maximum atomic E-state index is 12.8. The summed E-state index contributed by atoms with van der Waals surface area (Å²) in [5.41, 5.74) is 1.72. The zero-order valence-corrected chi connectivity index (χ0v) is 17.8. The first kappa shape index (κ1) is 22.4. The number of hydrogen-bond donors (Lipinski definition) is 2. The second-order valence-electron chi connectivity index (χ2n) is 6.60. The summed E-state index contributed by atoms with van der Waals surface area (Å²) < 4.78 is 15.3. The van der Waals surface area contributed by atoms with Gasteiger partial charge in [-0.05, 0) is 36.4 Å². The summed E-state index contributed by atoms with van der Waals surface area (Å²) in [5.74, 6) is -0.682. The van der Waals surface area contributed by atoms with Crippen LogP contribution < -0.4 is 20.1 Å². The van der Waals surface area contributed by atoms with Crippen molar-refractivity contribution in [2.24, 2.45) is 0 Å². The summed E-state index contributed by atoms with van der Waals surface area (Å²) in [4.78, 5) is 37.2. The van der Waals surface area contributed by atoms with Crippen molar-refractivity contribution < 1.29 is 28.6 Å². The number of benzene rings is 3. The molecule has 3 rings (SSSR count). The monoisotopic (exact) mass is 434 g/mol. The molecule has 0 unspecified atom stereocenters. The number of rotatable bonds is 7. The Kier molecular flexibility index (Phi) is 7.07. The fraction of sp³-hybridized carbons (Fsp3) is 0.125. The number of esters is 1. The van der Waals surface area contributed by atoms with Gasteiger partial charge in [0.25, 0.3) is 11.8 Å². The Bertz CT molecular complexity index is 1130. The Morgan fingerprint density at radius 1 is 0.688 bits per heavy atom. The van der Waals surface area contributed by atoms with Crippen LogP contribution in [0.4, 0.5) is 11.4 Å². The lowest BCUT2D eigenvalue weighted by atomic mass is 10.1. The molecule has 2 amide bonds. The number of ether oxygens (including phenoxy) is 3. The molecule has 3 aromatic carbocycles. The Hall–Kier alpha value is -4.33. The van der Waals surface area contributed by atoms with Crippen molar-refractivity contribution >= 4 is 29.2 Å². The highest BCUT2D eigenvalue weighted by molar-refractivity contribution is 6.09. The molecular formula is C24H22N2O6. The zero-order valence-electron chi connectivity index (χ0n) is 17.8. The van der Waals surface area contributed by atoms with Gasteiger partial charge in [0.15, 0.2) is 11.5 Å². The molecule has 164 valence electrons. The summed E-state index contributed by atoms with van der Waals surface area (Å²) in [6.07, 6.45) is 0. The summed E-state index contributed by atoms with van der Waals surface area (Å²) in [7, 11) is 4.13. The van der Waals surface area contributed by atoms with Crippen LogP contribution in [0.25, 0.3) is 0 Å². The topological polar surface area (TPSA) is 103 Å². The molecule has 8 heteroatoms. The highest BCUT2D eigenvalue weighted by Crippen LogP contribution is 2.34. The van der Waals surface area contributed by atoms with Crippen LogP contribution >= 0.6 is 0 Å². The first-order valence-electron chi connectivity index (χ1n) is 9.59. The van der Waals surface area contributed by atoms with Crippen LogP contribution in [0.3, 0.4) is 0 Å². The molecule has 0 saturated carbocycles. The average Bonchev–Trinajstić information content (AvgIpc) is 2.84. The lowest BCUT2D eigenvalue weighted by Gasteiger charge is -2.15. The van der Waals surface area contributed by atoms with Crippen LogP contribution in [0.5, 0.6) is 11.5 Å². The molecule has 0 saturated heterocycles. The molecule has 0 aromatic heterocycles. The Morgan fingerprint density at radius 3 is 1.84 bits per heavy atom. The zero-order chi connectivity index (χ0) is 23.1. The predicted molar refractivity (Wildman–Crippen MR) is 120 cm³/mol. The van der Waals surface area contributed by atoms with Crippen molar-refractivity contribution in [3.63, 3.8) is 0 Å². The highest BCUT2D eigenvalue weighted by Gasteiger charge is 2.19. The van der Waals surface area contributed by atoms with Gasteiger partial charge in [-0.25, -0.2) is 4.79 Å². The fourth-order valence-corrected chi connectivity index (χ4v) is 2.95. The summed E-state index contributed by atoms with van der Waals surface area (Å²) in [6.45, 7) is 0. The van der Waals surface area contributed by atoms with Gasteiger partial charge in [0.2, 0.25) is 0 Å². The number of hydrogen-bond acceptors (Lipinski definition) is 6. The van der Waals surface area contributed by atoms with E-state index in [1.165, 1.54) is 33.5 Å². The molecule has 0 aliphatic carbocycles. The molecule has 3 aromatic rings. The number of nitrogens with one attached hydrogen (secondary N) is 2. The van der Waals surface area contributed by atoms with Crippen molar-refractivity contribution in [1.29, 1.82) is 0 Å². The van der Waals surface area contributed by atoms with Gasteiger partial charge in [0, 0.05) is 28.9 Å². The molecule has 8 nitrogen and oxygen atoms in total. The smallest absolute Gasteiger partial charge is 0.340 e. The van der Waals surface area contributed by atoms with Crippen molar-refractivity contribution in [2.45, 2.75) is 0 Å². The maximum absolute atomic E-state index is 12.8. The van der Waals surface area contributed by atoms with Gasteiger partial charge in [0.1, 0.15) is 0 Å². The SMILES string of the molecule is COC(=O)c1cc(OC)c(OC)cc1NC(=O)c1ccc(NC(=O)c2ccccc2)cc1. The summed E-state index contributed by atoms with van der Waals surface area (Å²) in [5, 5.41) is 5.46. The molecule has 0 bridgehead atoms. The largest absolute Gasteiger partial charge is 0.493 e. The minimum absolute atomic E-state index is 0.116. The third kappa shape index (κ3) is 5.04. The lowest BCUT2D eigenvalue weighted by Crippen LogP contribution is -2.16. The Labute approximate surface area is 185 Å². The second kappa shape index (κ2) is 10.1. The first-order chi connectivity index (χ1) is 15.5. The number of anilines is 2. The van der Waals surface area contributed by atoms with Crippen molar-refractivity contribution in [3.8, 4) is 11.5 Å². The van der Waals surface area contributed by atoms with Crippen LogP contribution in [-0.2, 0) is 4.74 Å². The molecule has 0 aliphatic heterocycles. The summed E-state index contributed by atoms with van der Waals surface area (Å²) in [6, 6.07) is 18.1. The number of carbonyl (C=O) groups is 3. The van der Waals surface area contributed by atoms with E-state index in [4.69, 9.17) is 14.2 Å². The number of amides is 2. The van der Waals surface area contributed by atoms with Crippen LogP contribution in [-0.4, -0.2) is 39.1 Å². The third-order valence-electron chi connectivity index (χ3n) is 4.62. The number of carbonyl (C=O) groups excluding carboxylic acids is 3. The molecule has 0 aliphatic rings. The van der Waals surface area contributed by atoms with E-state index in [-0.39, 0.29) is 17.2 Å². The van der Waals surface area contributed by atoms with E-state index in [1.54, 1.807) is 48.5 Å². The molecular weight excluding hydrogens is 412 g/mol. The van der Waals surface area contributed by atoms with Crippen molar-refractivity contribution in [1.82, 2.24) is 0 Å². The van der Waals surface area contributed by atoms with Gasteiger partial charge in [-0.15, -0.1) is 0 Å². The minimum Gasteiger partial charge on any atom is -0.493 e. The van der Waals surface area contributed by atoms with E-state index in [9.17, 15) is 14.4 Å². The van der Waals surface area contributed by atoms with E-state index in [1.807, 2.05) is 6.07 Å². The molecule has 0 radical (unpaired) electrons. The van der Waals surface area contributed by atoms with Gasteiger partial charge in [0.05, 0.1) is 32.6 Å². The van der Waals surface area contributed by atoms with Crippen LogP contribution in [0.2, 0.25) is 0 Å². The van der Waals surface area contributed by atoms with Crippen LogP contribution in [0.15, 0.2) is 66.7 Å². The quantitative estimate of drug-likeness (QED) is 0.545. The standard InChI is InChI=1S/C24H22N2O6/c1-30-20-13-18(24(29)32-3)19(14-21(20)31-2)26-23(28)16-9-11-17(12-10-16)25-22(27)15-7-5-4-6-8-15/h4-14H,1-3H3,(H,25,27)(H,26,28). The highest BCUT2D eigenvalue weighted by atomic mass is 16.5. The molecule has 32 heavy (non-hydrogen) atoms. The first-order valence-corrected chi connectivity index (χ1v) is 9.59. The van der Waals surface area contributed by atoms with E-state index in [0.29, 0.717) is 28.3 Å². The third-order valence-corrected chi connectivity index (χ3v) is 4.62. The minimum atomic E-state index is -0.639. The molecule has 2 N–H and O–H groups in total. The summed E-state index contributed by atoms with van der Waals surface area (Å²) >= 11 is 0. The fourth-order valence-electron chi connectivity index (χ4n) is 2.95. The number of methoxy groups -OCH3 is 3. The maximum Gasteiger partial charge on any atom is 0.340 e. The van der Waals surface area contributed by atoms with Crippen LogP contribution in [0.1, 0.15) is 31.1 Å². The van der Waals surface area contributed by atoms with Gasteiger partial charge >= 0.3 is 5.97 Å². The molecule has 0 heterocycles. The van der Waals surface area contributed by atoms with Gasteiger partial charge in [-0.2, -0.15) is 0 Å². The van der Waals surface area contributed by atoms with E-state index in [2.05, 4.69) is 10.6 Å². The van der Waals surface area contributed by atoms with E-state index < -0.39 is 11.9 Å². The molecule has 0 fully saturated rings. The van der Waals surface area contributed by atoms with Gasteiger partial charge in [-0.1, -0.05) is 18.2 Å². The van der Waals surface area contributed by atoms with Gasteiger partial charge in [-0.3, -0.25) is 9.59 Å². The Morgan fingerprint density at radius 2 is 1.25 bits per heavy atom. The second-order valence-corrected chi connectivity index (χ2v) is 6.60. The average molecular weight is 434 g/mol. The predicted octanol–water partition coefficient (Wildman–Crippen LogP) is 4.00.